The largest absolute Gasteiger partial charge is 0.465 e. The molecule has 2 bridgehead atoms. The van der Waals surface area contributed by atoms with Crippen LogP contribution in [0, 0.1) is 11.8 Å². The van der Waals surface area contributed by atoms with Gasteiger partial charge in [-0.3, -0.25) is 14.4 Å². The first-order valence-electron chi connectivity index (χ1n) is 14.6. The number of rotatable bonds is 15. The molecule has 3 saturated heterocycles. The van der Waals surface area contributed by atoms with E-state index >= 15 is 0 Å². The molecule has 3 aliphatic rings. The molecule has 0 radical (unpaired) electrons. The summed E-state index contributed by atoms with van der Waals surface area (Å²) in [6.45, 7) is 12.3. The molecule has 3 heterocycles. The molecule has 2 unspecified atom stereocenters. The number of hydrogen-bond acceptors (Lipinski definition) is 6. The Morgan fingerprint density at radius 3 is 2.62 bits per heavy atom. The lowest BCUT2D eigenvalue weighted by atomic mass is 9.66. The van der Waals surface area contributed by atoms with Crippen molar-refractivity contribution in [2.75, 3.05) is 26.3 Å². The van der Waals surface area contributed by atoms with Gasteiger partial charge in [-0.15, -0.1) is 13.2 Å². The van der Waals surface area contributed by atoms with Crippen molar-refractivity contribution >= 4 is 17.8 Å². The van der Waals surface area contributed by atoms with Gasteiger partial charge in [0.05, 0.1) is 30.8 Å². The average molecular weight is 553 g/mol. The van der Waals surface area contributed by atoms with E-state index < -0.39 is 41.1 Å². The second kappa shape index (κ2) is 12.7. The van der Waals surface area contributed by atoms with Crippen LogP contribution in [0.5, 0.6) is 0 Å². The van der Waals surface area contributed by atoms with Crippen molar-refractivity contribution in [3.63, 3.8) is 0 Å². The smallest absolute Gasteiger partial charge is 0.312 e. The highest BCUT2D eigenvalue weighted by molar-refractivity contribution is 5.98. The first kappa shape index (κ1) is 30.0. The van der Waals surface area contributed by atoms with Gasteiger partial charge in [0.1, 0.15) is 17.6 Å². The summed E-state index contributed by atoms with van der Waals surface area (Å²) in [4.78, 5) is 45.6. The van der Waals surface area contributed by atoms with Crippen LogP contribution in [-0.4, -0.2) is 82.3 Å². The Bertz CT molecular complexity index is 1090. The molecule has 0 saturated carbocycles. The molecule has 40 heavy (non-hydrogen) atoms. The molecule has 218 valence electrons. The number of amides is 2. The van der Waals surface area contributed by atoms with Gasteiger partial charge in [-0.25, -0.2) is 0 Å². The highest BCUT2D eigenvalue weighted by atomic mass is 16.6. The number of carbonyl (C=O) groups excluding carboxylic acids is 3. The topological polar surface area (TPSA) is 96.4 Å². The summed E-state index contributed by atoms with van der Waals surface area (Å²) in [6.07, 6.45) is 7.94. The highest BCUT2D eigenvalue weighted by Crippen LogP contribution is 2.63. The van der Waals surface area contributed by atoms with Crippen molar-refractivity contribution in [2.24, 2.45) is 11.8 Å². The van der Waals surface area contributed by atoms with Crippen LogP contribution in [0.4, 0.5) is 0 Å². The molecule has 1 spiro atoms. The number of esters is 1. The average Bonchev–Trinajstić information content (AvgIpc) is 3.52. The quantitative estimate of drug-likeness (QED) is 0.203. The number of likely N-dealkylation sites (tertiary alicyclic amines) is 1. The summed E-state index contributed by atoms with van der Waals surface area (Å²) >= 11 is 0. The summed E-state index contributed by atoms with van der Waals surface area (Å²) in [7, 11) is 0. The number of nitrogens with zero attached hydrogens (tertiary/aromatic N) is 2. The summed E-state index contributed by atoms with van der Waals surface area (Å²) < 4.78 is 12.4. The molecular formula is C32H44N2O6. The Balaban J connectivity index is 1.74. The van der Waals surface area contributed by atoms with Crippen LogP contribution < -0.4 is 0 Å². The minimum atomic E-state index is -1.16. The number of ether oxygens (including phenoxy) is 2. The molecule has 1 N–H and O–H groups in total. The maximum Gasteiger partial charge on any atom is 0.312 e. The summed E-state index contributed by atoms with van der Waals surface area (Å²) in [5.41, 5.74) is -1.12. The van der Waals surface area contributed by atoms with Crippen LogP contribution >= 0.6 is 0 Å². The van der Waals surface area contributed by atoms with Crippen LogP contribution in [0.3, 0.4) is 0 Å². The van der Waals surface area contributed by atoms with Gasteiger partial charge < -0.3 is 24.4 Å². The second-order valence-corrected chi connectivity index (χ2v) is 11.5. The second-order valence-electron chi connectivity index (χ2n) is 11.5. The molecule has 3 fully saturated rings. The van der Waals surface area contributed by atoms with Crippen LogP contribution in [-0.2, 0) is 30.3 Å². The standard InChI is InChI=1S/C32H44N2O6/c1-5-8-13-20-39-30(38)26-25-28(36)34(24(22-35)21-23-14-11-10-12-15-23)27(32(25)17-16-31(26,4)40-32)29(37)33(18-7-3)19-9-6-2/h5,7,10-12,14-15,24-27,35H,1,3,6,8-9,13,16-22H2,2,4H3/t24-,25+,26-,27?,31+,32?/m1/s1. The molecule has 8 nitrogen and oxygen atoms in total. The zero-order valence-corrected chi connectivity index (χ0v) is 23.9. The molecule has 0 aliphatic carbocycles. The van der Waals surface area contributed by atoms with E-state index in [-0.39, 0.29) is 25.0 Å². The molecule has 6 atom stereocenters. The monoisotopic (exact) mass is 552 g/mol. The molecule has 4 rings (SSSR count). The minimum absolute atomic E-state index is 0.222. The van der Waals surface area contributed by atoms with E-state index in [1.54, 1.807) is 22.0 Å². The summed E-state index contributed by atoms with van der Waals surface area (Å²) in [5, 5.41) is 10.6. The fraction of sp³-hybridized carbons (Fsp3) is 0.594. The minimum Gasteiger partial charge on any atom is -0.465 e. The predicted molar refractivity (Wildman–Crippen MR) is 152 cm³/mol. The number of hydrogen-bond donors (Lipinski definition) is 1. The predicted octanol–water partition coefficient (Wildman–Crippen LogP) is 3.68. The number of aliphatic hydroxyl groups is 1. The van der Waals surface area contributed by atoms with Gasteiger partial charge in [-0.1, -0.05) is 55.8 Å². The van der Waals surface area contributed by atoms with Gasteiger partial charge in [0.25, 0.3) is 0 Å². The van der Waals surface area contributed by atoms with Crippen molar-refractivity contribution in [1.29, 1.82) is 0 Å². The zero-order chi connectivity index (χ0) is 28.9. The van der Waals surface area contributed by atoms with E-state index in [0.29, 0.717) is 38.8 Å². The number of allylic oxidation sites excluding steroid dienone is 1. The van der Waals surface area contributed by atoms with E-state index in [2.05, 4.69) is 20.1 Å². The molecule has 0 aromatic heterocycles. The van der Waals surface area contributed by atoms with Crippen molar-refractivity contribution < 1.29 is 29.0 Å². The van der Waals surface area contributed by atoms with Gasteiger partial charge in [0.15, 0.2) is 0 Å². The van der Waals surface area contributed by atoms with Gasteiger partial charge in [0.2, 0.25) is 11.8 Å². The number of carbonyl (C=O) groups is 3. The highest BCUT2D eigenvalue weighted by Gasteiger charge is 2.79. The Morgan fingerprint density at radius 2 is 1.98 bits per heavy atom. The first-order valence-corrected chi connectivity index (χ1v) is 14.6. The summed E-state index contributed by atoms with van der Waals surface area (Å²) in [5.74, 6) is -2.68. The van der Waals surface area contributed by atoms with Gasteiger partial charge in [0, 0.05) is 13.1 Å². The van der Waals surface area contributed by atoms with E-state index in [0.717, 1.165) is 24.8 Å². The van der Waals surface area contributed by atoms with E-state index in [9.17, 15) is 19.5 Å². The van der Waals surface area contributed by atoms with E-state index in [4.69, 9.17) is 9.47 Å². The van der Waals surface area contributed by atoms with Gasteiger partial charge in [-0.2, -0.15) is 0 Å². The SMILES string of the molecule is C=CCCCOC(=O)[C@H]1[C@H]2C(=O)N([C@@H](CO)Cc3ccccc3)C(C(=O)N(CC=C)CCCC)C23CC[C@]1(C)O3. The van der Waals surface area contributed by atoms with Gasteiger partial charge >= 0.3 is 5.97 Å². The molecule has 2 amide bonds. The van der Waals surface area contributed by atoms with E-state index in [1.807, 2.05) is 37.3 Å². The summed E-state index contributed by atoms with van der Waals surface area (Å²) in [6, 6.07) is 8.00. The fourth-order valence-electron chi connectivity index (χ4n) is 6.99. The number of benzene rings is 1. The van der Waals surface area contributed by atoms with Crippen LogP contribution in [0.15, 0.2) is 55.6 Å². The van der Waals surface area contributed by atoms with Crippen LogP contribution in [0.1, 0.15) is 57.9 Å². The molecule has 3 aliphatic heterocycles. The zero-order valence-electron chi connectivity index (χ0n) is 23.9. The molecular weight excluding hydrogens is 508 g/mol. The number of fused-ring (bicyclic) bond motifs is 1. The lowest BCUT2D eigenvalue weighted by Gasteiger charge is -2.39. The van der Waals surface area contributed by atoms with Crippen molar-refractivity contribution in [1.82, 2.24) is 9.80 Å². The normalized spacial score (nSPS) is 29.2. The van der Waals surface area contributed by atoms with Crippen molar-refractivity contribution in [2.45, 2.75) is 82.1 Å². The first-order chi connectivity index (χ1) is 19.3. The third-order valence-electron chi connectivity index (χ3n) is 8.86. The lowest BCUT2D eigenvalue weighted by molar-refractivity contribution is -0.162. The third kappa shape index (κ3) is 5.36. The maximum atomic E-state index is 14.4. The lowest BCUT2D eigenvalue weighted by Crippen LogP contribution is -2.59. The maximum absolute atomic E-state index is 14.4. The molecule has 8 heteroatoms. The Hall–Kier alpha value is -2.97. The number of unbranched alkanes of at least 4 members (excludes halogenated alkanes) is 2. The Labute approximate surface area is 238 Å². The molecule has 1 aromatic carbocycles. The third-order valence-corrected chi connectivity index (χ3v) is 8.86. The van der Waals surface area contributed by atoms with Crippen molar-refractivity contribution in [3.05, 3.63) is 61.2 Å². The Morgan fingerprint density at radius 1 is 1.23 bits per heavy atom. The van der Waals surface area contributed by atoms with Crippen LogP contribution in [0.25, 0.3) is 0 Å². The van der Waals surface area contributed by atoms with Crippen LogP contribution in [0.2, 0.25) is 0 Å². The van der Waals surface area contributed by atoms with Gasteiger partial charge in [-0.05, 0) is 51.0 Å². The van der Waals surface area contributed by atoms with E-state index in [1.165, 1.54) is 0 Å². The fourth-order valence-corrected chi connectivity index (χ4v) is 6.99. The number of aliphatic hydroxyl groups excluding tert-OH is 1. The Kier molecular flexibility index (Phi) is 9.52. The molecule has 1 aromatic rings. The van der Waals surface area contributed by atoms with Crippen molar-refractivity contribution in [3.8, 4) is 0 Å².